The summed E-state index contributed by atoms with van der Waals surface area (Å²) in [5, 5.41) is 17.9. The van der Waals surface area contributed by atoms with E-state index >= 15 is 0 Å². The zero-order valence-corrected chi connectivity index (χ0v) is 8.08. The second-order valence-electron chi connectivity index (χ2n) is 2.97. The summed E-state index contributed by atoms with van der Waals surface area (Å²) in [6, 6.07) is -0.453. The van der Waals surface area contributed by atoms with Crippen molar-refractivity contribution in [2.45, 2.75) is 0 Å². The minimum atomic E-state index is -0.690. The van der Waals surface area contributed by atoms with E-state index in [1.54, 1.807) is 0 Å². The summed E-state index contributed by atoms with van der Waals surface area (Å²) in [5.41, 5.74) is 0. The lowest BCUT2D eigenvalue weighted by Gasteiger charge is -2.00. The van der Waals surface area contributed by atoms with Gasteiger partial charge in [-0.15, -0.1) is 5.01 Å². The molecule has 1 aliphatic heterocycles. The number of hydrogen-bond donors (Lipinski definition) is 2. The number of nitrogens with zero attached hydrogens (tertiary/aromatic N) is 4. The average molecular weight is 224 g/mol. The lowest BCUT2D eigenvalue weighted by atomic mass is 10.6. The first-order chi connectivity index (χ1) is 7.68. The van der Waals surface area contributed by atoms with Crippen molar-refractivity contribution in [1.29, 1.82) is 0 Å². The molecule has 9 nitrogen and oxygen atoms in total. The Morgan fingerprint density at radius 1 is 1.69 bits per heavy atom. The van der Waals surface area contributed by atoms with Crippen LogP contribution in [0.4, 0.5) is 4.79 Å². The third-order valence-corrected chi connectivity index (χ3v) is 1.93. The molecule has 0 aliphatic carbocycles. The monoisotopic (exact) mass is 224 g/mol. The number of carbonyl (C=O) groups excluding carboxylic acids is 1. The molecule has 1 aliphatic rings. The van der Waals surface area contributed by atoms with Crippen molar-refractivity contribution in [3.05, 3.63) is 28.3 Å². The number of carbonyl (C=O) groups is 1. The fourth-order valence-electron chi connectivity index (χ4n) is 1.23. The van der Waals surface area contributed by atoms with Gasteiger partial charge in [0, 0.05) is 18.9 Å². The summed E-state index contributed by atoms with van der Waals surface area (Å²) < 4.78 is 0. The van der Waals surface area contributed by atoms with Crippen molar-refractivity contribution < 1.29 is 9.72 Å². The first-order valence-electron chi connectivity index (χ1n) is 4.46. The molecule has 0 unspecified atom stereocenters. The molecule has 0 radical (unpaired) electrons. The third-order valence-electron chi connectivity index (χ3n) is 1.93. The van der Waals surface area contributed by atoms with E-state index in [0.717, 1.165) is 5.01 Å². The number of nitro groups is 1. The van der Waals surface area contributed by atoms with E-state index in [0.29, 0.717) is 13.1 Å². The van der Waals surface area contributed by atoms with Gasteiger partial charge >= 0.3 is 11.9 Å². The molecule has 1 aromatic rings. The molecule has 9 heteroatoms. The molecule has 2 amide bonds. The summed E-state index contributed by atoms with van der Waals surface area (Å²) >= 11 is 0. The van der Waals surface area contributed by atoms with E-state index in [-0.39, 0.29) is 5.82 Å². The first-order valence-corrected chi connectivity index (χ1v) is 4.46. The molecule has 16 heavy (non-hydrogen) atoms. The van der Waals surface area contributed by atoms with Gasteiger partial charge in [-0.3, -0.25) is 0 Å². The molecule has 1 fully saturated rings. The molecule has 0 aromatic carbocycles. The maximum atomic E-state index is 11.2. The minimum Gasteiger partial charge on any atom is -0.358 e. The zero-order chi connectivity index (χ0) is 11.5. The number of aromatic nitrogens is 2. The first kappa shape index (κ1) is 10.1. The molecule has 0 atom stereocenters. The number of urea groups is 1. The van der Waals surface area contributed by atoms with Crippen molar-refractivity contribution in [3.8, 4) is 0 Å². The summed E-state index contributed by atoms with van der Waals surface area (Å²) in [6.07, 6.45) is 2.82. The molecule has 0 saturated carbocycles. The van der Waals surface area contributed by atoms with Crippen LogP contribution >= 0.6 is 0 Å². The van der Waals surface area contributed by atoms with E-state index in [2.05, 4.69) is 20.4 Å². The van der Waals surface area contributed by atoms with Gasteiger partial charge in [0.15, 0.2) is 0 Å². The molecule has 2 N–H and O–H groups in total. The Balaban J connectivity index is 2.29. The second-order valence-corrected chi connectivity index (χ2v) is 2.97. The van der Waals surface area contributed by atoms with Crippen molar-refractivity contribution >= 4 is 11.9 Å². The number of hydrogen-bond acceptors (Lipinski definition) is 5. The fourth-order valence-corrected chi connectivity index (χ4v) is 1.23. The predicted molar refractivity (Wildman–Crippen MR) is 52.2 cm³/mol. The molecule has 1 saturated heterocycles. The van der Waals surface area contributed by atoms with Crippen LogP contribution in [0.5, 0.6) is 0 Å². The third kappa shape index (κ3) is 1.82. The number of amidine groups is 1. The van der Waals surface area contributed by atoms with Crippen LogP contribution in [0.25, 0.3) is 0 Å². The highest BCUT2D eigenvalue weighted by Crippen LogP contribution is 2.02. The van der Waals surface area contributed by atoms with Crippen LogP contribution in [0.2, 0.25) is 0 Å². The minimum absolute atomic E-state index is 0.0182. The summed E-state index contributed by atoms with van der Waals surface area (Å²) in [7, 11) is 0. The second kappa shape index (κ2) is 3.96. The average Bonchev–Trinajstić information content (AvgIpc) is 2.85. The summed E-state index contributed by atoms with van der Waals surface area (Å²) in [6.45, 7) is 0.725. The lowest BCUT2D eigenvalue weighted by molar-refractivity contribution is -0.350. The van der Waals surface area contributed by atoms with Crippen molar-refractivity contribution in [2.75, 3.05) is 13.1 Å². The Labute approximate surface area is 89.3 Å². The highest BCUT2D eigenvalue weighted by Gasteiger charge is 2.29. The highest BCUT2D eigenvalue weighted by molar-refractivity contribution is 5.89. The standard InChI is InChI=1S/C7H8N6O3/c14-7-10-3-4-12(7)11-6(13(15)16)5-8-1-2-9-5/h1-2H,3-4H2,(H,8,9)(H,10,14)/b11-6-. The van der Waals surface area contributed by atoms with Crippen LogP contribution < -0.4 is 5.32 Å². The van der Waals surface area contributed by atoms with Gasteiger partial charge in [0.25, 0.3) is 0 Å². The van der Waals surface area contributed by atoms with Crippen LogP contribution in [0.3, 0.4) is 0 Å². The van der Waals surface area contributed by atoms with E-state index in [9.17, 15) is 14.9 Å². The van der Waals surface area contributed by atoms with Gasteiger partial charge in [-0.25, -0.2) is 9.78 Å². The Hall–Kier alpha value is -2.45. The molecule has 0 spiro atoms. The maximum Gasteiger partial charge on any atom is 0.431 e. The lowest BCUT2D eigenvalue weighted by Crippen LogP contribution is -2.27. The van der Waals surface area contributed by atoms with Gasteiger partial charge in [0.2, 0.25) is 5.82 Å². The number of rotatable bonds is 2. The van der Waals surface area contributed by atoms with Crippen LogP contribution in [0, 0.1) is 10.1 Å². The number of hydrazone groups is 1. The van der Waals surface area contributed by atoms with Gasteiger partial charge in [-0.1, -0.05) is 0 Å². The Morgan fingerprint density at radius 3 is 3.00 bits per heavy atom. The number of H-pyrrole nitrogens is 1. The molecule has 1 aromatic heterocycles. The van der Waals surface area contributed by atoms with E-state index in [1.165, 1.54) is 12.4 Å². The molecular weight excluding hydrogens is 216 g/mol. The normalized spacial score (nSPS) is 16.4. The fraction of sp³-hybridized carbons (Fsp3) is 0.286. The van der Waals surface area contributed by atoms with Gasteiger partial charge in [-0.05, 0) is 4.92 Å². The molecular formula is C7H8N6O3. The van der Waals surface area contributed by atoms with Gasteiger partial charge in [0.05, 0.1) is 11.6 Å². The Morgan fingerprint density at radius 2 is 2.50 bits per heavy atom. The van der Waals surface area contributed by atoms with Crippen molar-refractivity contribution in [2.24, 2.45) is 5.10 Å². The maximum absolute atomic E-state index is 11.2. The topological polar surface area (TPSA) is 117 Å². The van der Waals surface area contributed by atoms with Crippen LogP contribution in [-0.4, -0.2) is 44.9 Å². The zero-order valence-electron chi connectivity index (χ0n) is 8.08. The van der Waals surface area contributed by atoms with Gasteiger partial charge < -0.3 is 20.4 Å². The van der Waals surface area contributed by atoms with Crippen molar-refractivity contribution in [3.63, 3.8) is 0 Å². The smallest absolute Gasteiger partial charge is 0.358 e. The Bertz CT molecular complexity index is 439. The van der Waals surface area contributed by atoms with Crippen LogP contribution in [0.15, 0.2) is 17.5 Å². The van der Waals surface area contributed by atoms with E-state index in [1.807, 2.05) is 0 Å². The number of imidazole rings is 1. The van der Waals surface area contributed by atoms with Crippen molar-refractivity contribution in [1.82, 2.24) is 20.3 Å². The summed E-state index contributed by atoms with van der Waals surface area (Å²) in [5.74, 6) is -0.466. The number of amides is 2. The van der Waals surface area contributed by atoms with Gasteiger partial charge in [0.1, 0.15) is 0 Å². The largest absolute Gasteiger partial charge is 0.431 e. The van der Waals surface area contributed by atoms with Crippen LogP contribution in [0.1, 0.15) is 5.82 Å². The van der Waals surface area contributed by atoms with E-state index in [4.69, 9.17) is 0 Å². The van der Waals surface area contributed by atoms with Gasteiger partial charge in [-0.2, -0.15) is 0 Å². The van der Waals surface area contributed by atoms with E-state index < -0.39 is 16.8 Å². The molecule has 0 bridgehead atoms. The number of aromatic amines is 1. The highest BCUT2D eigenvalue weighted by atomic mass is 16.6. The molecule has 84 valence electrons. The summed E-state index contributed by atoms with van der Waals surface area (Å²) in [4.78, 5) is 27.5. The quantitative estimate of drug-likeness (QED) is 0.301. The Kier molecular flexibility index (Phi) is 2.50. The SMILES string of the molecule is O=C1NCCN1/N=C(/c1ncc[nH]1)[N+](=O)[O-]. The van der Waals surface area contributed by atoms with Crippen LogP contribution in [-0.2, 0) is 0 Å². The number of nitrogens with one attached hydrogen (secondary N) is 2. The molecule has 2 rings (SSSR count). The predicted octanol–water partition coefficient (Wildman–Crippen LogP) is -0.627. The molecule has 2 heterocycles.